The van der Waals surface area contributed by atoms with Gasteiger partial charge in [0.25, 0.3) is 5.82 Å². The van der Waals surface area contributed by atoms with E-state index in [9.17, 15) is 10.5 Å². The van der Waals surface area contributed by atoms with Gasteiger partial charge in [-0.2, -0.15) is 10.5 Å². The number of allylic oxidation sites excluding steroid dienone is 2. The van der Waals surface area contributed by atoms with Crippen molar-refractivity contribution in [2.24, 2.45) is 0 Å². The minimum atomic E-state index is 0.415. The number of aryl methyl sites for hydroxylation is 1. The van der Waals surface area contributed by atoms with Crippen molar-refractivity contribution in [1.82, 2.24) is 4.57 Å². The lowest BCUT2D eigenvalue weighted by Gasteiger charge is -2.24. The van der Waals surface area contributed by atoms with Crippen LogP contribution in [0.4, 0.5) is 11.4 Å². The summed E-state index contributed by atoms with van der Waals surface area (Å²) in [5, 5.41) is 20.4. The molecule has 6 rings (SSSR count). The Balaban J connectivity index is 1.38. The molecule has 1 aliphatic heterocycles. The summed E-state index contributed by atoms with van der Waals surface area (Å²) in [7, 11) is 0. The van der Waals surface area contributed by atoms with Gasteiger partial charge in [-0.1, -0.05) is 65.7 Å². The SMILES string of the molecule is CCN1C(=CC=Cc2n(CC)c3cc(Cl)c(C#N)cc3[n+]2CCOc2ccccc2)N(CCOc2ccccc2)c2cc(C#N)c(Cl)cc21. The van der Waals surface area contributed by atoms with Crippen LogP contribution in [-0.4, -0.2) is 30.9 Å². The monoisotopic (exact) mass is 689 g/mol. The third kappa shape index (κ3) is 6.93. The highest BCUT2D eigenvalue weighted by atomic mass is 35.5. The third-order valence-corrected chi connectivity index (χ3v) is 9.04. The Morgan fingerprint density at radius 2 is 1.37 bits per heavy atom. The van der Waals surface area contributed by atoms with Crippen LogP contribution in [0.1, 0.15) is 30.8 Å². The fourth-order valence-corrected chi connectivity index (χ4v) is 6.58. The number of ether oxygens (including phenoxy) is 2. The number of halogens is 2. The molecule has 0 saturated carbocycles. The highest BCUT2D eigenvalue weighted by Crippen LogP contribution is 2.44. The number of nitriles is 2. The zero-order chi connectivity index (χ0) is 34.3. The summed E-state index contributed by atoms with van der Waals surface area (Å²) < 4.78 is 16.5. The van der Waals surface area contributed by atoms with Gasteiger partial charge in [-0.05, 0) is 56.3 Å². The second-order valence-electron chi connectivity index (χ2n) is 11.2. The van der Waals surface area contributed by atoms with E-state index < -0.39 is 0 Å². The summed E-state index contributed by atoms with van der Waals surface area (Å²) in [4.78, 5) is 4.35. The van der Waals surface area contributed by atoms with Crippen LogP contribution < -0.4 is 23.8 Å². The van der Waals surface area contributed by atoms with E-state index in [0.29, 0.717) is 60.6 Å². The number of hydrogen-bond acceptors (Lipinski definition) is 6. The number of nitrogens with zero attached hydrogens (tertiary/aromatic N) is 6. The second kappa shape index (κ2) is 15.2. The Bertz CT molecular complexity index is 2110. The second-order valence-corrected chi connectivity index (χ2v) is 12.0. The van der Waals surface area contributed by atoms with Crippen molar-refractivity contribution in [1.29, 1.82) is 10.5 Å². The average molecular weight is 691 g/mol. The summed E-state index contributed by atoms with van der Waals surface area (Å²) >= 11 is 13.1. The van der Waals surface area contributed by atoms with Gasteiger partial charge in [0, 0.05) is 24.8 Å². The molecule has 0 saturated heterocycles. The summed E-state index contributed by atoms with van der Waals surface area (Å²) in [5.41, 5.74) is 4.50. The van der Waals surface area contributed by atoms with Crippen LogP contribution in [0.25, 0.3) is 17.1 Å². The molecule has 0 spiro atoms. The van der Waals surface area contributed by atoms with Gasteiger partial charge in [-0.3, -0.25) is 0 Å². The van der Waals surface area contributed by atoms with Crippen molar-refractivity contribution < 1.29 is 14.0 Å². The van der Waals surface area contributed by atoms with Crippen LogP contribution >= 0.6 is 23.2 Å². The molecule has 0 radical (unpaired) electrons. The molecule has 8 nitrogen and oxygen atoms in total. The fraction of sp³-hybridized carbons (Fsp3) is 0.205. The quantitative estimate of drug-likeness (QED) is 0.123. The van der Waals surface area contributed by atoms with Gasteiger partial charge in [-0.25, -0.2) is 9.13 Å². The first-order valence-corrected chi connectivity index (χ1v) is 16.9. The van der Waals surface area contributed by atoms with Gasteiger partial charge in [0.1, 0.15) is 49.2 Å². The largest absolute Gasteiger partial charge is 0.492 e. The van der Waals surface area contributed by atoms with Crippen molar-refractivity contribution in [2.45, 2.75) is 26.9 Å². The molecule has 0 unspecified atom stereocenters. The van der Waals surface area contributed by atoms with Crippen molar-refractivity contribution >= 4 is 51.7 Å². The first-order valence-electron chi connectivity index (χ1n) is 16.2. The third-order valence-electron chi connectivity index (χ3n) is 8.42. The maximum atomic E-state index is 9.77. The van der Waals surface area contributed by atoms with E-state index in [-0.39, 0.29) is 0 Å². The van der Waals surface area contributed by atoms with Crippen molar-refractivity contribution in [3.05, 3.63) is 130 Å². The van der Waals surface area contributed by atoms with E-state index in [0.717, 1.165) is 45.6 Å². The molecule has 4 aromatic carbocycles. The molecule has 1 aromatic heterocycles. The van der Waals surface area contributed by atoms with Crippen molar-refractivity contribution in [3.8, 4) is 23.6 Å². The van der Waals surface area contributed by atoms with Gasteiger partial charge >= 0.3 is 0 Å². The summed E-state index contributed by atoms with van der Waals surface area (Å²) in [6.07, 6.45) is 6.17. The number of para-hydroxylation sites is 2. The molecular weight excluding hydrogens is 655 g/mol. The standard InChI is InChI=1S/C39H35Cl2N6O2/c1-3-44-36-24-32(40)28(26-42)22-34(36)46(18-20-48-30-12-7-5-8-13-30)38(44)16-11-17-39-45(4-2)37-25-33(41)29(27-43)23-35(37)47(39)19-21-49-31-14-9-6-10-15-31/h5-17,22-25H,3-4,18-21H2,1-2H3/q+1. The van der Waals surface area contributed by atoms with Gasteiger partial charge in [0.2, 0.25) is 0 Å². The number of anilines is 2. The molecule has 1 aliphatic rings. The predicted molar refractivity (Wildman–Crippen MR) is 195 cm³/mol. The summed E-state index contributed by atoms with van der Waals surface area (Å²) in [6, 6.07) is 31.3. The first kappa shape index (κ1) is 33.5. The molecule has 0 fully saturated rings. The lowest BCUT2D eigenvalue weighted by atomic mass is 10.1. The Labute approximate surface area is 296 Å². The van der Waals surface area contributed by atoms with E-state index in [2.05, 4.69) is 57.1 Å². The van der Waals surface area contributed by atoms with E-state index in [1.807, 2.05) is 91.0 Å². The van der Waals surface area contributed by atoms with Crippen molar-refractivity contribution in [3.63, 3.8) is 0 Å². The molecule has 5 aromatic rings. The lowest BCUT2D eigenvalue weighted by molar-refractivity contribution is -0.674. The zero-order valence-corrected chi connectivity index (χ0v) is 28.8. The summed E-state index contributed by atoms with van der Waals surface area (Å²) in [6.45, 7) is 7.50. The minimum Gasteiger partial charge on any atom is -0.492 e. The van der Waals surface area contributed by atoms with Crippen LogP contribution in [0, 0.1) is 22.7 Å². The van der Waals surface area contributed by atoms with Gasteiger partial charge < -0.3 is 19.3 Å². The Hall–Kier alpha value is -5.41. The molecule has 0 N–H and O–H groups in total. The number of benzene rings is 4. The van der Waals surface area contributed by atoms with Gasteiger partial charge in [0.15, 0.2) is 11.0 Å². The van der Waals surface area contributed by atoms with Gasteiger partial charge in [-0.15, -0.1) is 0 Å². The molecule has 0 bridgehead atoms. The van der Waals surface area contributed by atoms with E-state index in [1.54, 1.807) is 0 Å². The van der Waals surface area contributed by atoms with Crippen LogP contribution in [0.15, 0.2) is 103 Å². The molecular formula is C39H35Cl2N6O2+. The lowest BCUT2D eigenvalue weighted by Crippen LogP contribution is -2.39. The smallest absolute Gasteiger partial charge is 0.282 e. The molecule has 246 valence electrons. The molecule has 49 heavy (non-hydrogen) atoms. The van der Waals surface area contributed by atoms with Gasteiger partial charge in [0.05, 0.1) is 45.6 Å². The molecule has 0 amide bonds. The Morgan fingerprint density at radius 3 is 2.00 bits per heavy atom. The van der Waals surface area contributed by atoms with E-state index >= 15 is 0 Å². The first-order chi connectivity index (χ1) is 24.0. The molecule has 10 heteroatoms. The van der Waals surface area contributed by atoms with Crippen molar-refractivity contribution in [2.75, 3.05) is 36.1 Å². The minimum absolute atomic E-state index is 0.415. The maximum absolute atomic E-state index is 9.77. The topological polar surface area (TPSA) is 81.3 Å². The molecule has 0 atom stereocenters. The van der Waals surface area contributed by atoms with Crippen LogP contribution in [0.5, 0.6) is 11.5 Å². The van der Waals surface area contributed by atoms with Crippen LogP contribution in [0.2, 0.25) is 10.0 Å². The number of fused-ring (bicyclic) bond motifs is 2. The number of imidazole rings is 1. The number of hydrogen-bond donors (Lipinski definition) is 0. The van der Waals surface area contributed by atoms with E-state index in [4.69, 9.17) is 32.7 Å². The average Bonchev–Trinajstić information content (AvgIpc) is 3.57. The number of aromatic nitrogens is 2. The molecule has 2 heterocycles. The molecule has 0 aliphatic carbocycles. The fourth-order valence-electron chi connectivity index (χ4n) is 6.18. The maximum Gasteiger partial charge on any atom is 0.282 e. The van der Waals surface area contributed by atoms with Crippen LogP contribution in [-0.2, 0) is 13.1 Å². The normalized spacial score (nSPS) is 13.2. The zero-order valence-electron chi connectivity index (χ0n) is 27.3. The highest BCUT2D eigenvalue weighted by Gasteiger charge is 2.31. The van der Waals surface area contributed by atoms with E-state index in [1.165, 1.54) is 0 Å². The van der Waals surface area contributed by atoms with Crippen LogP contribution in [0.3, 0.4) is 0 Å². The Morgan fingerprint density at radius 1 is 0.755 bits per heavy atom. The number of rotatable bonds is 12. The highest BCUT2D eigenvalue weighted by molar-refractivity contribution is 6.32. The summed E-state index contributed by atoms with van der Waals surface area (Å²) in [5.74, 6) is 3.46. The predicted octanol–water partition coefficient (Wildman–Crippen LogP) is 8.36. The Kier molecular flexibility index (Phi) is 10.4.